The predicted octanol–water partition coefficient (Wildman–Crippen LogP) is 9.05. The maximum Gasteiger partial charge on any atom is 0.407 e. The van der Waals surface area contributed by atoms with Crippen molar-refractivity contribution in [3.8, 4) is 49.1 Å². The minimum Gasteiger partial charge on any atom is -0.508 e. The van der Waals surface area contributed by atoms with E-state index in [1.54, 1.807) is 83.0 Å². The van der Waals surface area contributed by atoms with Crippen molar-refractivity contribution in [2.45, 2.75) is 102 Å². The first-order valence-corrected chi connectivity index (χ1v) is 33.9. The van der Waals surface area contributed by atoms with Gasteiger partial charge in [0.25, 0.3) is 11.8 Å². The van der Waals surface area contributed by atoms with Gasteiger partial charge in [0.2, 0.25) is 11.8 Å². The number of fused-ring (bicyclic) bond motifs is 16. The van der Waals surface area contributed by atoms with Crippen molar-refractivity contribution < 1.29 is 58.7 Å². The fourth-order valence-corrected chi connectivity index (χ4v) is 15.9. The Morgan fingerprint density at radius 3 is 2.16 bits per heavy atom. The number of aromatic hydroxyl groups is 1. The molecule has 2 aromatic carbocycles. The lowest BCUT2D eigenvalue weighted by Crippen LogP contribution is -2.50. The molecule has 9 heterocycles. The summed E-state index contributed by atoms with van der Waals surface area (Å²) in [5.41, 5.74) is 9.47. The van der Waals surface area contributed by atoms with E-state index in [9.17, 15) is 44.1 Å². The molecule has 0 spiro atoms. The third-order valence-electron chi connectivity index (χ3n) is 15.2. The molecule has 5 amide bonds. The van der Waals surface area contributed by atoms with Crippen LogP contribution in [0.1, 0.15) is 138 Å². The molecule has 0 radical (unpaired) electrons. The number of carbonyl (C=O) groups is 7. The molecule has 11 rings (SSSR count). The number of aliphatic hydroxyl groups excluding tert-OH is 2. The number of phenolic OH excluding ortho intramolecular Hbond substituents is 1. The van der Waals surface area contributed by atoms with Crippen LogP contribution in [0.2, 0.25) is 0 Å². The minimum absolute atomic E-state index is 0.00211. The van der Waals surface area contributed by atoms with E-state index in [0.29, 0.717) is 89.3 Å². The molecular formula is C61H58N12O12S6. The number of ether oxygens (including phenoxy) is 1. The molecule has 1 saturated heterocycles. The standard InChI is InChI=1S/C61H58N12O12S6/c1-29-45(76)23-73-50(29)59-71-43(28-90-59)57-68-40(25-89-57)49-35(16-17-37(65-49)56-64-33(24-86-56)22-63-61(84)85-18-8-4-7-11-47(78)79)54-69-41(26-87-54)52(81)66-38(21-46(62)77)58-72-48(30(2)91-58)44(75)20-36(51(80)32-9-5-3-6-10-32)55-70-42(27-88-55)53(82)67-39(60(73)83)19-31-12-14-34(74)15-13-31/h3,5-6,9-10,12-17,24-29,36,38-39,45,50-51,74,76,80H,4,7-8,11,18-23H2,1-2H3,(H2,62,77)(H,63,84)(H,66,81)(H,67,82)(H,78,79)/t29-,36-,38-,39-,45-,50-,51+/m0/s1. The summed E-state index contributed by atoms with van der Waals surface area (Å²) in [6.07, 6.45) is -2.06. The highest BCUT2D eigenvalue weighted by atomic mass is 32.1. The van der Waals surface area contributed by atoms with Gasteiger partial charge in [-0.1, -0.05) is 49.4 Å². The molecule has 7 atom stereocenters. The largest absolute Gasteiger partial charge is 0.508 e. The predicted molar refractivity (Wildman–Crippen MR) is 342 cm³/mol. The van der Waals surface area contributed by atoms with E-state index in [1.807, 2.05) is 6.92 Å². The van der Waals surface area contributed by atoms with Crippen LogP contribution in [0.4, 0.5) is 4.79 Å². The van der Waals surface area contributed by atoms with E-state index in [4.69, 9.17) is 45.5 Å². The number of carboxylic acids is 1. The smallest absolute Gasteiger partial charge is 0.407 e. The second-order valence-electron chi connectivity index (χ2n) is 21.6. The van der Waals surface area contributed by atoms with Gasteiger partial charge in [0.05, 0.1) is 60.3 Å². The Labute approximate surface area is 543 Å². The normalized spacial score (nSPS) is 19.1. The number of amides is 5. The average molecular weight is 1340 g/mol. The Balaban J connectivity index is 0.961. The van der Waals surface area contributed by atoms with Crippen LogP contribution in [0.25, 0.3) is 43.4 Å². The number of primary amides is 1. The third kappa shape index (κ3) is 14.9. The summed E-state index contributed by atoms with van der Waals surface area (Å²) >= 11 is 7.12. The van der Waals surface area contributed by atoms with Crippen molar-refractivity contribution in [2.24, 2.45) is 11.7 Å². The lowest BCUT2D eigenvalue weighted by molar-refractivity contribution is -0.137. The number of carbonyl (C=O) groups excluding carboxylic acids is 6. The first-order chi connectivity index (χ1) is 43.8. The van der Waals surface area contributed by atoms with E-state index in [1.165, 1.54) is 56.4 Å². The highest BCUT2D eigenvalue weighted by molar-refractivity contribution is 7.15. The number of aryl methyl sites for hydroxylation is 1. The summed E-state index contributed by atoms with van der Waals surface area (Å²) in [5, 5.41) is 61.8. The van der Waals surface area contributed by atoms with E-state index in [2.05, 4.69) is 20.9 Å². The van der Waals surface area contributed by atoms with E-state index >= 15 is 4.79 Å². The SMILES string of the molecule is Cc1sc2nc1C(=O)C[C@@H]([C@H](O)c1ccccc1)c1nc(cs1)C(=O)N[C@@H](Cc1ccc(O)cc1)C(=O)N1C[C@H](O)[C@H](C)[C@H]1c1nc(cs1)-c1nc(cs1)-c1nc(-c3nc(CNC(=O)OCCCCCC(=O)O)cs3)ccc1-c1nc(cs1)C(=O)N[C@H]2CC(N)=O. The van der Waals surface area contributed by atoms with E-state index in [-0.39, 0.29) is 78.2 Å². The summed E-state index contributed by atoms with van der Waals surface area (Å²) < 4.78 is 5.27. The zero-order valence-electron chi connectivity index (χ0n) is 48.5. The van der Waals surface area contributed by atoms with Gasteiger partial charge in [-0.15, -0.1) is 68.0 Å². The summed E-state index contributed by atoms with van der Waals surface area (Å²) in [6, 6.07) is 15.3. The Kier molecular flexibility index (Phi) is 19.9. The number of rotatable bonds is 15. The third-order valence-corrected chi connectivity index (χ3v) is 20.9. The van der Waals surface area contributed by atoms with Crippen LogP contribution in [0.5, 0.6) is 5.75 Å². The quantitative estimate of drug-likeness (QED) is 0.0443. The number of phenols is 1. The second-order valence-corrected chi connectivity index (χ2v) is 27.2. The van der Waals surface area contributed by atoms with E-state index in [0.717, 1.165) is 34.0 Å². The molecule has 470 valence electrons. The molecular weight excluding hydrogens is 1290 g/mol. The van der Waals surface area contributed by atoms with Crippen LogP contribution in [-0.2, 0) is 32.1 Å². The maximum atomic E-state index is 15.2. The Morgan fingerprint density at radius 1 is 0.725 bits per heavy atom. The monoisotopic (exact) mass is 1340 g/mol. The molecule has 7 aromatic heterocycles. The number of alkyl carbamates (subject to hydrolysis) is 1. The first-order valence-electron chi connectivity index (χ1n) is 28.6. The number of pyridine rings is 1. The Morgan fingerprint density at radius 2 is 1.40 bits per heavy atom. The number of unbranched alkanes of at least 4 members (excludes halogenated alkanes) is 2. The average Bonchev–Trinajstić information content (AvgIpc) is 1.93. The number of carboxylic acid groups (broad SMARTS) is 1. The van der Waals surface area contributed by atoms with Crippen LogP contribution in [0, 0.1) is 12.8 Å². The second kappa shape index (κ2) is 28.3. The molecule has 30 heteroatoms. The van der Waals surface area contributed by atoms with Crippen LogP contribution in [0.3, 0.4) is 0 Å². The number of hydrogen-bond donors (Lipinski definition) is 8. The number of ketones is 1. The van der Waals surface area contributed by atoms with E-state index < -0.39 is 83.6 Å². The number of aromatic nitrogens is 7. The van der Waals surface area contributed by atoms with Gasteiger partial charge in [-0.25, -0.2) is 39.7 Å². The van der Waals surface area contributed by atoms with Gasteiger partial charge >= 0.3 is 12.1 Å². The summed E-state index contributed by atoms with van der Waals surface area (Å²) in [6.45, 7) is 3.58. The van der Waals surface area contributed by atoms with Crippen molar-refractivity contribution in [1.82, 2.24) is 55.7 Å². The number of aliphatic carboxylic acids is 1. The molecule has 0 unspecified atom stereocenters. The Bertz CT molecular complexity index is 4160. The van der Waals surface area contributed by atoms with Crippen molar-refractivity contribution in [2.75, 3.05) is 13.2 Å². The van der Waals surface area contributed by atoms with Gasteiger partial charge in [0, 0.05) is 75.0 Å². The molecule has 0 aliphatic carbocycles. The van der Waals surface area contributed by atoms with Crippen LogP contribution in [-0.4, -0.2) is 127 Å². The number of nitrogens with one attached hydrogen (secondary N) is 3. The van der Waals surface area contributed by atoms with Crippen molar-refractivity contribution >= 4 is 109 Å². The van der Waals surface area contributed by atoms with Crippen LogP contribution >= 0.6 is 68.0 Å². The highest BCUT2D eigenvalue weighted by Crippen LogP contribution is 2.43. The van der Waals surface area contributed by atoms with Gasteiger partial charge in [0.15, 0.2) is 5.78 Å². The molecule has 2 aliphatic rings. The number of hydrogen-bond acceptors (Lipinski definition) is 24. The molecule has 10 bridgehead atoms. The lowest BCUT2D eigenvalue weighted by Gasteiger charge is -2.29. The Hall–Kier alpha value is -8.62. The van der Waals surface area contributed by atoms with Crippen LogP contribution in [0.15, 0.2) is 93.6 Å². The summed E-state index contributed by atoms with van der Waals surface area (Å²) in [7, 11) is 0. The fourth-order valence-electron chi connectivity index (χ4n) is 10.5. The van der Waals surface area contributed by atoms with Gasteiger partial charge in [-0.3, -0.25) is 28.8 Å². The van der Waals surface area contributed by atoms with Crippen LogP contribution < -0.4 is 21.7 Å². The minimum atomic E-state index is -1.31. The van der Waals surface area contributed by atoms with Gasteiger partial charge < -0.3 is 51.7 Å². The fraction of sp³-hybridized carbons (Fsp3) is 0.311. The van der Waals surface area contributed by atoms with Crippen molar-refractivity contribution in [1.29, 1.82) is 0 Å². The molecule has 2 aliphatic heterocycles. The molecule has 9 aromatic rings. The topological polar surface area (TPSA) is 365 Å². The number of Topliss-reactive ketones (excluding diaryl/α,β-unsaturated/α-hetero) is 1. The number of nitrogens with zero attached hydrogens (tertiary/aromatic N) is 8. The molecule has 24 nitrogen and oxygen atoms in total. The van der Waals surface area contributed by atoms with Crippen molar-refractivity contribution in [3.63, 3.8) is 0 Å². The van der Waals surface area contributed by atoms with Gasteiger partial charge in [0.1, 0.15) is 71.0 Å². The summed E-state index contributed by atoms with van der Waals surface area (Å²) in [5.74, 6) is -5.61. The maximum absolute atomic E-state index is 15.2. The van der Waals surface area contributed by atoms with Crippen molar-refractivity contribution in [3.05, 3.63) is 147 Å². The lowest BCUT2D eigenvalue weighted by atomic mass is 9.90. The first kappa shape index (κ1) is 63.9. The zero-order valence-corrected chi connectivity index (χ0v) is 53.4. The molecule has 0 saturated carbocycles. The molecule has 1 fully saturated rings. The van der Waals surface area contributed by atoms with Gasteiger partial charge in [-0.2, -0.15) is 0 Å². The zero-order chi connectivity index (χ0) is 64.0. The van der Waals surface area contributed by atoms with Gasteiger partial charge in [-0.05, 0) is 61.6 Å². The molecule has 91 heavy (non-hydrogen) atoms. The number of benzene rings is 2. The number of aliphatic hydroxyl groups is 2. The number of nitrogens with two attached hydrogens (primary N) is 1. The highest BCUT2D eigenvalue weighted by Gasteiger charge is 2.45. The molecule has 9 N–H and O–H groups in total. The number of thiazole rings is 6. The summed E-state index contributed by atoms with van der Waals surface area (Å²) in [4.78, 5) is 131.